The maximum Gasteiger partial charge on any atom is 0.256 e. The van der Waals surface area contributed by atoms with Crippen LogP contribution in [0.2, 0.25) is 0 Å². The van der Waals surface area contributed by atoms with Gasteiger partial charge in [0, 0.05) is 37.5 Å². The van der Waals surface area contributed by atoms with E-state index in [9.17, 15) is 23.9 Å². The summed E-state index contributed by atoms with van der Waals surface area (Å²) in [4.78, 5) is 44.6. The van der Waals surface area contributed by atoms with Gasteiger partial charge in [-0.15, -0.1) is 0 Å². The Morgan fingerprint density at radius 2 is 2.13 bits per heavy atom. The van der Waals surface area contributed by atoms with Crippen molar-refractivity contribution < 1.29 is 19.1 Å². The maximum atomic E-state index is 13.9. The minimum atomic E-state index is -0.841. The molecule has 30 heavy (non-hydrogen) atoms. The number of pyridine rings is 2. The number of halogens is 1. The number of aryl methyl sites for hydroxylation is 1. The van der Waals surface area contributed by atoms with Gasteiger partial charge in [-0.3, -0.25) is 19.4 Å². The van der Waals surface area contributed by atoms with E-state index in [4.69, 9.17) is 0 Å². The van der Waals surface area contributed by atoms with E-state index in [-0.39, 0.29) is 40.9 Å². The van der Waals surface area contributed by atoms with E-state index in [2.05, 4.69) is 15.3 Å². The van der Waals surface area contributed by atoms with E-state index in [1.165, 1.54) is 18.3 Å². The van der Waals surface area contributed by atoms with Crippen LogP contribution in [0.15, 0.2) is 29.2 Å². The lowest BCUT2D eigenvalue weighted by atomic mass is 9.67. The number of likely N-dealkylation sites (tertiary alicyclic amines) is 1. The van der Waals surface area contributed by atoms with Crippen molar-refractivity contribution in [1.29, 1.82) is 0 Å². The van der Waals surface area contributed by atoms with Gasteiger partial charge in [0.15, 0.2) is 5.88 Å². The van der Waals surface area contributed by atoms with Crippen LogP contribution < -0.4 is 10.9 Å². The number of aromatic amines is 1. The summed E-state index contributed by atoms with van der Waals surface area (Å²) >= 11 is 0. The fourth-order valence-electron chi connectivity index (χ4n) is 4.46. The molecule has 0 aromatic carbocycles. The number of carbonyl (C=O) groups excluding carboxylic acids is 2. The zero-order valence-electron chi connectivity index (χ0n) is 16.6. The predicted molar refractivity (Wildman–Crippen MR) is 106 cm³/mol. The van der Waals surface area contributed by atoms with E-state index in [1.54, 1.807) is 11.8 Å². The average molecular weight is 414 g/mol. The molecule has 2 aliphatic rings. The minimum Gasteiger partial charge on any atom is -0.494 e. The zero-order valence-corrected chi connectivity index (χ0v) is 16.6. The molecule has 1 aliphatic carbocycles. The predicted octanol–water partition coefficient (Wildman–Crippen LogP) is 1.74. The largest absolute Gasteiger partial charge is 0.494 e. The molecule has 2 fully saturated rings. The molecule has 1 aliphatic heterocycles. The van der Waals surface area contributed by atoms with Gasteiger partial charge in [0.05, 0.1) is 11.1 Å². The first-order valence-corrected chi connectivity index (χ1v) is 9.91. The molecule has 9 heteroatoms. The number of carbonyl (C=O) groups is 2. The second kappa shape index (κ2) is 7.55. The molecule has 2 aromatic heterocycles. The second-order valence-electron chi connectivity index (χ2n) is 8.32. The van der Waals surface area contributed by atoms with E-state index in [0.717, 1.165) is 31.7 Å². The van der Waals surface area contributed by atoms with Gasteiger partial charge in [-0.2, -0.15) is 4.39 Å². The first kappa shape index (κ1) is 20.1. The van der Waals surface area contributed by atoms with E-state index < -0.39 is 17.4 Å². The molecule has 1 spiro atoms. The summed E-state index contributed by atoms with van der Waals surface area (Å²) in [6.45, 7) is 2.41. The Bertz CT molecular complexity index is 1060. The Kier molecular flexibility index (Phi) is 5.05. The fraction of sp³-hybridized carbons (Fsp3) is 0.429. The molecule has 1 atom stereocenters. The van der Waals surface area contributed by atoms with Gasteiger partial charge >= 0.3 is 0 Å². The normalized spacial score (nSPS) is 19.5. The number of H-pyrrole nitrogens is 1. The van der Waals surface area contributed by atoms with Crippen molar-refractivity contribution in [2.45, 2.75) is 38.6 Å². The Labute approximate surface area is 172 Å². The quantitative estimate of drug-likeness (QED) is 0.659. The van der Waals surface area contributed by atoms with Crippen LogP contribution in [0.5, 0.6) is 5.88 Å². The number of aromatic nitrogens is 2. The molecule has 8 nitrogen and oxygen atoms in total. The highest BCUT2D eigenvalue weighted by molar-refractivity contribution is 5.95. The molecular formula is C21H23FN4O4. The van der Waals surface area contributed by atoms with Gasteiger partial charge in [0.1, 0.15) is 0 Å². The molecule has 3 heterocycles. The minimum absolute atomic E-state index is 0.0183. The lowest BCUT2D eigenvalue weighted by molar-refractivity contribution is 0.0685. The molecule has 0 radical (unpaired) electrons. The van der Waals surface area contributed by atoms with Gasteiger partial charge in [-0.25, -0.2) is 4.98 Å². The SMILES string of the molecule is Cc1cnc(F)c(C(=O)NCC2CC3(CCC3)CN2C(=O)c2cc(O)[nH]c(=O)c2)c1. The third kappa shape index (κ3) is 3.79. The smallest absolute Gasteiger partial charge is 0.256 e. The highest BCUT2D eigenvalue weighted by atomic mass is 19.1. The van der Waals surface area contributed by atoms with Gasteiger partial charge in [0.2, 0.25) is 5.95 Å². The Morgan fingerprint density at radius 3 is 2.80 bits per heavy atom. The topological polar surface area (TPSA) is 115 Å². The van der Waals surface area contributed by atoms with Crippen molar-refractivity contribution in [3.8, 4) is 5.88 Å². The molecule has 4 rings (SSSR count). The van der Waals surface area contributed by atoms with Crippen LogP contribution >= 0.6 is 0 Å². The number of nitrogens with zero attached hydrogens (tertiary/aromatic N) is 2. The van der Waals surface area contributed by atoms with Gasteiger partial charge in [-0.1, -0.05) is 6.42 Å². The van der Waals surface area contributed by atoms with Crippen LogP contribution in [0.4, 0.5) is 4.39 Å². The number of amides is 2. The van der Waals surface area contributed by atoms with Crippen molar-refractivity contribution in [2.24, 2.45) is 5.41 Å². The first-order valence-electron chi connectivity index (χ1n) is 9.91. The molecular weight excluding hydrogens is 391 g/mol. The van der Waals surface area contributed by atoms with Crippen molar-refractivity contribution in [2.75, 3.05) is 13.1 Å². The van der Waals surface area contributed by atoms with Crippen molar-refractivity contribution in [3.63, 3.8) is 0 Å². The Hall–Kier alpha value is -3.23. The molecule has 2 amide bonds. The summed E-state index contributed by atoms with van der Waals surface area (Å²) in [5, 5.41) is 12.4. The molecule has 1 saturated heterocycles. The number of rotatable bonds is 4. The molecule has 1 saturated carbocycles. The van der Waals surface area contributed by atoms with Gasteiger partial charge in [0.25, 0.3) is 17.4 Å². The summed E-state index contributed by atoms with van der Waals surface area (Å²) in [5.74, 6) is -2.18. The number of aromatic hydroxyl groups is 1. The summed E-state index contributed by atoms with van der Waals surface area (Å²) in [6, 6.07) is 3.52. The third-order valence-electron chi connectivity index (χ3n) is 6.09. The van der Waals surface area contributed by atoms with Crippen molar-refractivity contribution in [3.05, 3.63) is 57.4 Å². The summed E-state index contributed by atoms with van der Waals surface area (Å²) < 4.78 is 13.9. The molecule has 0 bridgehead atoms. The lowest BCUT2D eigenvalue weighted by Crippen LogP contribution is -2.43. The second-order valence-corrected chi connectivity index (χ2v) is 8.32. The summed E-state index contributed by atoms with van der Waals surface area (Å²) in [6.07, 6.45) is 5.16. The van der Waals surface area contributed by atoms with Crippen LogP contribution in [0, 0.1) is 18.3 Å². The first-order chi connectivity index (χ1) is 14.3. The van der Waals surface area contributed by atoms with E-state index in [1.807, 2.05) is 0 Å². The summed E-state index contributed by atoms with van der Waals surface area (Å²) in [7, 11) is 0. The summed E-state index contributed by atoms with van der Waals surface area (Å²) in [5.41, 5.74) is 0.0799. The van der Waals surface area contributed by atoms with E-state index in [0.29, 0.717) is 12.1 Å². The number of hydrogen-bond donors (Lipinski definition) is 3. The maximum absolute atomic E-state index is 13.9. The Morgan fingerprint density at radius 1 is 1.37 bits per heavy atom. The molecule has 158 valence electrons. The number of nitrogens with one attached hydrogen (secondary N) is 2. The standard InChI is InChI=1S/C21H23FN4O4/c1-12-5-15(18(22)23-9-12)19(29)24-10-14-8-21(3-2-4-21)11-26(14)20(30)13-6-16(27)25-17(28)7-13/h5-7,9,14H,2-4,8,10-11H2,1H3,(H,24,29)(H2,25,27,28). The van der Waals surface area contributed by atoms with E-state index >= 15 is 0 Å². The Balaban J connectivity index is 1.52. The van der Waals surface area contributed by atoms with Crippen LogP contribution in [0.3, 0.4) is 0 Å². The molecule has 3 N–H and O–H groups in total. The van der Waals surface area contributed by atoms with Gasteiger partial charge < -0.3 is 15.3 Å². The zero-order chi connectivity index (χ0) is 21.5. The third-order valence-corrected chi connectivity index (χ3v) is 6.09. The average Bonchev–Trinajstić information content (AvgIpc) is 3.07. The van der Waals surface area contributed by atoms with Crippen LogP contribution in [0.1, 0.15) is 52.0 Å². The highest BCUT2D eigenvalue weighted by Crippen LogP contribution is 2.50. The van der Waals surface area contributed by atoms with Crippen molar-refractivity contribution in [1.82, 2.24) is 20.2 Å². The van der Waals surface area contributed by atoms with Gasteiger partial charge in [-0.05, 0) is 43.2 Å². The van der Waals surface area contributed by atoms with Crippen LogP contribution in [0.25, 0.3) is 0 Å². The van der Waals surface area contributed by atoms with Crippen LogP contribution in [-0.2, 0) is 0 Å². The highest BCUT2D eigenvalue weighted by Gasteiger charge is 2.49. The fourth-order valence-corrected chi connectivity index (χ4v) is 4.46. The molecule has 2 aromatic rings. The van der Waals surface area contributed by atoms with Crippen molar-refractivity contribution >= 4 is 11.8 Å². The van der Waals surface area contributed by atoms with Crippen LogP contribution in [-0.4, -0.2) is 50.9 Å². The monoisotopic (exact) mass is 414 g/mol. The number of hydrogen-bond acceptors (Lipinski definition) is 5. The lowest BCUT2D eigenvalue weighted by Gasteiger charge is -2.37. The molecule has 1 unspecified atom stereocenters.